The van der Waals surface area contributed by atoms with Gasteiger partial charge in [0.15, 0.2) is 0 Å². The van der Waals surface area contributed by atoms with Crippen LogP contribution in [-0.2, 0) is 10.1 Å². The number of azo groups is 1. The first-order valence-electron chi connectivity index (χ1n) is 7.42. The molecule has 26 heavy (non-hydrogen) atoms. The van der Waals surface area contributed by atoms with Crippen molar-refractivity contribution in [3.63, 3.8) is 0 Å². The van der Waals surface area contributed by atoms with E-state index in [9.17, 15) is 13.5 Å². The van der Waals surface area contributed by atoms with Gasteiger partial charge in [-0.25, -0.2) is 4.98 Å². The van der Waals surface area contributed by atoms with Crippen molar-refractivity contribution >= 4 is 53.3 Å². The molecule has 1 aromatic heterocycles. The second-order valence-electron chi connectivity index (χ2n) is 5.46. The summed E-state index contributed by atoms with van der Waals surface area (Å²) in [6.07, 6.45) is 0. The molecule has 0 spiro atoms. The molecule has 0 amide bonds. The number of hydrogen-bond acceptors (Lipinski definition) is 7. The number of benzene rings is 3. The van der Waals surface area contributed by atoms with Crippen molar-refractivity contribution in [1.82, 2.24) is 4.98 Å². The molecular weight excluding hydrogens is 374 g/mol. The van der Waals surface area contributed by atoms with Crippen LogP contribution in [0.3, 0.4) is 0 Å². The number of para-hydroxylation sites is 1. The predicted octanol–water partition coefficient (Wildman–Crippen LogP) is 4.82. The topological polar surface area (TPSA) is 112 Å². The van der Waals surface area contributed by atoms with E-state index in [1.807, 2.05) is 24.3 Å². The zero-order valence-electron chi connectivity index (χ0n) is 13.1. The fourth-order valence-corrected chi connectivity index (χ4v) is 3.84. The molecule has 9 heteroatoms. The van der Waals surface area contributed by atoms with Crippen LogP contribution < -0.4 is 0 Å². The van der Waals surface area contributed by atoms with Crippen LogP contribution in [0.4, 0.5) is 10.8 Å². The summed E-state index contributed by atoms with van der Waals surface area (Å²) in [4.78, 5) is 4.12. The maximum absolute atomic E-state index is 11.3. The van der Waals surface area contributed by atoms with Gasteiger partial charge in [-0.05, 0) is 35.7 Å². The highest BCUT2D eigenvalue weighted by Crippen LogP contribution is 2.37. The predicted molar refractivity (Wildman–Crippen MR) is 99.2 cm³/mol. The van der Waals surface area contributed by atoms with Crippen molar-refractivity contribution in [1.29, 1.82) is 0 Å². The summed E-state index contributed by atoms with van der Waals surface area (Å²) in [5.74, 6) is -0.0954. The van der Waals surface area contributed by atoms with Crippen molar-refractivity contribution in [2.24, 2.45) is 10.2 Å². The van der Waals surface area contributed by atoms with Crippen LogP contribution in [0.5, 0.6) is 5.75 Å². The number of phenols is 1. The van der Waals surface area contributed by atoms with E-state index in [1.54, 1.807) is 0 Å². The molecular formula is C17H11N3O4S2. The zero-order valence-corrected chi connectivity index (χ0v) is 14.7. The summed E-state index contributed by atoms with van der Waals surface area (Å²) in [5.41, 5.74) is 1.01. The molecule has 3 aromatic carbocycles. The summed E-state index contributed by atoms with van der Waals surface area (Å²) >= 11 is 1.37. The van der Waals surface area contributed by atoms with E-state index in [4.69, 9.17) is 4.55 Å². The largest absolute Gasteiger partial charge is 0.506 e. The van der Waals surface area contributed by atoms with Crippen LogP contribution in [0.15, 0.2) is 69.7 Å². The lowest BCUT2D eigenvalue weighted by molar-refractivity contribution is 0.477. The van der Waals surface area contributed by atoms with E-state index in [0.717, 1.165) is 10.2 Å². The lowest BCUT2D eigenvalue weighted by atomic mass is 10.1. The number of aromatic nitrogens is 1. The van der Waals surface area contributed by atoms with E-state index in [-0.39, 0.29) is 16.3 Å². The monoisotopic (exact) mass is 385 g/mol. The summed E-state index contributed by atoms with van der Waals surface area (Å²) in [6, 6.07) is 14.5. The fourth-order valence-electron chi connectivity index (χ4n) is 2.54. The Balaban J connectivity index is 1.81. The Morgan fingerprint density at radius 1 is 1.00 bits per heavy atom. The van der Waals surface area contributed by atoms with Crippen LogP contribution in [-0.4, -0.2) is 23.1 Å². The van der Waals surface area contributed by atoms with Gasteiger partial charge in [0.05, 0.1) is 15.1 Å². The second-order valence-corrected chi connectivity index (χ2v) is 7.89. The molecule has 0 unspecified atom stereocenters. The SMILES string of the molecule is O=S(=O)(O)c1ccc2c(N=Nc3nc4ccccc4s3)c(O)ccc2c1. The molecule has 130 valence electrons. The molecule has 0 aliphatic rings. The van der Waals surface area contributed by atoms with Gasteiger partial charge in [-0.3, -0.25) is 4.55 Å². The van der Waals surface area contributed by atoms with Gasteiger partial charge >= 0.3 is 0 Å². The van der Waals surface area contributed by atoms with Gasteiger partial charge < -0.3 is 5.11 Å². The van der Waals surface area contributed by atoms with E-state index in [2.05, 4.69) is 15.2 Å². The van der Waals surface area contributed by atoms with E-state index in [1.165, 1.54) is 41.7 Å². The van der Waals surface area contributed by atoms with Crippen LogP contribution in [0.1, 0.15) is 0 Å². The first-order valence-corrected chi connectivity index (χ1v) is 9.68. The number of phenolic OH excluding ortho intramolecular Hbond substituents is 1. The Morgan fingerprint density at radius 2 is 1.81 bits per heavy atom. The lowest BCUT2D eigenvalue weighted by Crippen LogP contribution is -1.97. The van der Waals surface area contributed by atoms with Crippen LogP contribution in [0, 0.1) is 0 Å². The molecule has 0 saturated heterocycles. The molecule has 2 N–H and O–H groups in total. The third kappa shape index (κ3) is 3.03. The average Bonchev–Trinajstić information content (AvgIpc) is 3.02. The van der Waals surface area contributed by atoms with Gasteiger partial charge in [0.25, 0.3) is 10.1 Å². The number of nitrogens with zero attached hydrogens (tertiary/aromatic N) is 3. The van der Waals surface area contributed by atoms with Crippen molar-refractivity contribution < 1.29 is 18.1 Å². The van der Waals surface area contributed by atoms with Gasteiger partial charge in [0.1, 0.15) is 11.4 Å². The molecule has 1 heterocycles. The first-order chi connectivity index (χ1) is 12.4. The van der Waals surface area contributed by atoms with Crippen LogP contribution in [0.2, 0.25) is 0 Å². The van der Waals surface area contributed by atoms with Crippen molar-refractivity contribution in [3.8, 4) is 5.75 Å². The molecule has 0 aliphatic heterocycles. The smallest absolute Gasteiger partial charge is 0.294 e. The molecule has 0 saturated carbocycles. The third-order valence-electron chi connectivity index (χ3n) is 3.76. The van der Waals surface area contributed by atoms with E-state index >= 15 is 0 Å². The van der Waals surface area contributed by atoms with E-state index in [0.29, 0.717) is 15.9 Å². The minimum absolute atomic E-state index is 0.0954. The number of hydrogen-bond donors (Lipinski definition) is 2. The third-order valence-corrected chi connectivity index (χ3v) is 5.53. The molecule has 0 radical (unpaired) electrons. The van der Waals surface area contributed by atoms with Gasteiger partial charge in [-0.1, -0.05) is 35.6 Å². The quantitative estimate of drug-likeness (QED) is 0.388. The van der Waals surface area contributed by atoms with Gasteiger partial charge in [-0.2, -0.15) is 8.42 Å². The summed E-state index contributed by atoms with van der Waals surface area (Å²) < 4.78 is 32.7. The van der Waals surface area contributed by atoms with Gasteiger partial charge in [0, 0.05) is 5.39 Å². The van der Waals surface area contributed by atoms with Gasteiger partial charge in [-0.15, -0.1) is 10.2 Å². The second kappa shape index (κ2) is 6.13. The molecule has 4 rings (SSSR count). The minimum atomic E-state index is -4.31. The molecule has 7 nitrogen and oxygen atoms in total. The molecule has 0 atom stereocenters. The highest BCUT2D eigenvalue weighted by Gasteiger charge is 2.13. The molecule has 4 aromatic rings. The fraction of sp³-hybridized carbons (Fsp3) is 0. The van der Waals surface area contributed by atoms with Crippen molar-refractivity contribution in [3.05, 3.63) is 54.6 Å². The van der Waals surface area contributed by atoms with Crippen molar-refractivity contribution in [2.75, 3.05) is 0 Å². The van der Waals surface area contributed by atoms with Gasteiger partial charge in [0.2, 0.25) is 5.13 Å². The molecule has 0 bridgehead atoms. The maximum atomic E-state index is 11.3. The summed E-state index contributed by atoms with van der Waals surface area (Å²) in [6.45, 7) is 0. The first kappa shape index (κ1) is 16.6. The Hall–Kier alpha value is -2.88. The molecule has 0 aliphatic carbocycles. The van der Waals surface area contributed by atoms with E-state index < -0.39 is 10.1 Å². The zero-order chi connectivity index (χ0) is 18.3. The lowest BCUT2D eigenvalue weighted by Gasteiger charge is -2.05. The standard InChI is InChI=1S/C17H11N3O4S2/c21-14-8-5-10-9-11(26(22,23)24)6-7-12(10)16(14)19-20-17-18-13-3-1-2-4-15(13)25-17/h1-9,21H,(H,22,23,24). The minimum Gasteiger partial charge on any atom is -0.506 e. The highest BCUT2D eigenvalue weighted by molar-refractivity contribution is 7.85. The summed E-state index contributed by atoms with van der Waals surface area (Å²) in [5, 5.41) is 19.8. The highest BCUT2D eigenvalue weighted by atomic mass is 32.2. The number of thiazole rings is 1. The Labute approximate surface area is 152 Å². The Kier molecular flexibility index (Phi) is 3.91. The number of rotatable bonds is 3. The van der Waals surface area contributed by atoms with Crippen molar-refractivity contribution in [2.45, 2.75) is 4.90 Å². The van der Waals surface area contributed by atoms with Crippen LogP contribution >= 0.6 is 11.3 Å². The summed E-state index contributed by atoms with van der Waals surface area (Å²) in [7, 11) is -4.31. The Bertz CT molecular complexity index is 1250. The molecule has 0 fully saturated rings. The average molecular weight is 385 g/mol. The number of aromatic hydroxyl groups is 1. The maximum Gasteiger partial charge on any atom is 0.294 e. The Morgan fingerprint density at radius 3 is 2.58 bits per heavy atom. The number of fused-ring (bicyclic) bond motifs is 2. The van der Waals surface area contributed by atoms with Crippen LogP contribution in [0.25, 0.3) is 21.0 Å². The normalized spacial score (nSPS) is 12.3.